The smallest absolute Gasteiger partial charge is 0.287 e. The first-order valence-corrected chi connectivity index (χ1v) is 11.4. The third kappa shape index (κ3) is 5.38. The van der Waals surface area contributed by atoms with Gasteiger partial charge in [-0.1, -0.05) is 23.7 Å². The Labute approximate surface area is 199 Å². The number of hydrogen-bond donors (Lipinski definition) is 4. The van der Waals surface area contributed by atoms with Gasteiger partial charge < -0.3 is 25.3 Å². The molecule has 2 aromatic carbocycles. The number of aliphatic hydroxyl groups excluding tert-OH is 1. The number of H-pyrrole nitrogens is 1. The number of aromatic nitrogens is 2. The van der Waals surface area contributed by atoms with E-state index >= 15 is 0 Å². The van der Waals surface area contributed by atoms with Crippen LogP contribution in [0.3, 0.4) is 0 Å². The topological polar surface area (TPSA) is 125 Å². The molecular formula is C24H25ClFN3O5. The van der Waals surface area contributed by atoms with Crippen molar-refractivity contribution in [1.82, 2.24) is 15.3 Å². The Bertz CT molecular complexity index is 1270. The van der Waals surface area contributed by atoms with Gasteiger partial charge in [0.25, 0.3) is 11.5 Å². The average molecular weight is 490 g/mol. The number of nitrogens with zero attached hydrogens (tertiary/aromatic N) is 1. The molecule has 10 heteroatoms. The zero-order chi connectivity index (χ0) is 24.3. The number of halogens is 2. The highest BCUT2D eigenvalue weighted by atomic mass is 35.5. The fourth-order valence-electron chi connectivity index (χ4n) is 4.27. The maximum Gasteiger partial charge on any atom is 0.287 e. The Hall–Kier alpha value is -3.01. The van der Waals surface area contributed by atoms with Gasteiger partial charge in [-0.25, -0.2) is 9.37 Å². The molecule has 1 aliphatic rings. The molecule has 1 amide bonds. The van der Waals surface area contributed by atoms with Crippen LogP contribution in [-0.4, -0.2) is 44.9 Å². The van der Waals surface area contributed by atoms with Crippen molar-refractivity contribution in [2.75, 3.05) is 13.2 Å². The second kappa shape index (κ2) is 10.1. The summed E-state index contributed by atoms with van der Waals surface area (Å²) >= 11 is 5.95. The van der Waals surface area contributed by atoms with Gasteiger partial charge in [-0.05, 0) is 61.4 Å². The highest BCUT2D eigenvalue weighted by molar-refractivity contribution is 6.30. The third-order valence-corrected chi connectivity index (χ3v) is 6.32. The molecule has 1 aromatic heterocycles. The lowest BCUT2D eigenvalue weighted by atomic mass is 9.99. The molecule has 34 heavy (non-hydrogen) atoms. The van der Waals surface area contributed by atoms with E-state index in [1.165, 1.54) is 6.07 Å². The lowest BCUT2D eigenvalue weighted by Gasteiger charge is -2.19. The number of nitrogens with one attached hydrogen (secondary N) is 2. The van der Waals surface area contributed by atoms with Crippen molar-refractivity contribution in [3.63, 3.8) is 0 Å². The van der Waals surface area contributed by atoms with Crippen LogP contribution in [-0.2, 0) is 6.54 Å². The predicted molar refractivity (Wildman–Crippen MR) is 124 cm³/mol. The van der Waals surface area contributed by atoms with Gasteiger partial charge in [0.15, 0.2) is 17.4 Å². The maximum absolute atomic E-state index is 14.5. The van der Waals surface area contributed by atoms with Gasteiger partial charge in [-0.3, -0.25) is 9.59 Å². The average Bonchev–Trinajstić information content (AvgIpc) is 3.20. The summed E-state index contributed by atoms with van der Waals surface area (Å²) in [6.07, 6.45) is 2.21. The van der Waals surface area contributed by atoms with Crippen LogP contribution in [0.2, 0.25) is 5.02 Å². The molecule has 4 N–H and O–H groups in total. The molecule has 180 valence electrons. The Morgan fingerprint density at radius 1 is 1.35 bits per heavy atom. The van der Waals surface area contributed by atoms with E-state index in [1.807, 2.05) is 0 Å². The van der Waals surface area contributed by atoms with E-state index in [9.17, 15) is 24.2 Å². The Morgan fingerprint density at radius 3 is 2.91 bits per heavy atom. The summed E-state index contributed by atoms with van der Waals surface area (Å²) in [6, 6.07) is 9.44. The van der Waals surface area contributed by atoms with E-state index in [4.69, 9.17) is 16.3 Å². The van der Waals surface area contributed by atoms with Crippen molar-refractivity contribution in [2.45, 2.75) is 37.8 Å². The lowest BCUT2D eigenvalue weighted by molar-refractivity contribution is -0.0118. The summed E-state index contributed by atoms with van der Waals surface area (Å²) in [6.45, 7) is 0.0212. The van der Waals surface area contributed by atoms with Crippen molar-refractivity contribution < 1.29 is 24.1 Å². The van der Waals surface area contributed by atoms with Crippen molar-refractivity contribution >= 4 is 28.4 Å². The van der Waals surface area contributed by atoms with E-state index in [0.29, 0.717) is 24.3 Å². The third-order valence-electron chi connectivity index (χ3n) is 6.09. The predicted octanol–water partition coefficient (Wildman–Crippen LogP) is 2.94. The normalized spacial score (nSPS) is 19.9. The quantitative estimate of drug-likeness (QED) is 0.385. The zero-order valence-corrected chi connectivity index (χ0v) is 19.1. The molecule has 0 aliphatic heterocycles. The number of benzene rings is 2. The van der Waals surface area contributed by atoms with Gasteiger partial charge in [0.2, 0.25) is 0 Å². The van der Waals surface area contributed by atoms with E-state index in [2.05, 4.69) is 15.3 Å². The Balaban J connectivity index is 1.47. The number of aromatic amines is 1. The minimum atomic E-state index is -1.07. The number of hydrogen-bond acceptors (Lipinski definition) is 6. The number of rotatable bonds is 8. The molecule has 3 aromatic rings. The number of fused-ring (bicyclic) bond motifs is 1. The molecule has 8 nitrogen and oxygen atoms in total. The van der Waals surface area contributed by atoms with E-state index in [-0.39, 0.29) is 48.2 Å². The molecule has 1 aliphatic carbocycles. The van der Waals surface area contributed by atoms with Crippen LogP contribution in [0.15, 0.2) is 41.2 Å². The SMILES string of the molecule is O=C(NCc1cccc(Cl)c1)c1nc2ccc(F)c(OCCC3CCC(O)(CO)C3)c2c(=O)[nH]1. The van der Waals surface area contributed by atoms with Crippen LogP contribution in [0.5, 0.6) is 5.75 Å². The monoisotopic (exact) mass is 489 g/mol. The van der Waals surface area contributed by atoms with Crippen LogP contribution in [0.1, 0.15) is 41.9 Å². The van der Waals surface area contributed by atoms with Gasteiger partial charge >= 0.3 is 0 Å². The molecule has 0 radical (unpaired) electrons. The first kappa shape index (κ1) is 24.1. The van der Waals surface area contributed by atoms with Crippen molar-refractivity contribution in [3.05, 3.63) is 69.0 Å². The number of carbonyl (C=O) groups is 1. The molecule has 1 heterocycles. The molecule has 2 unspecified atom stereocenters. The fraction of sp³-hybridized carbons (Fsp3) is 0.375. The highest BCUT2D eigenvalue weighted by Crippen LogP contribution is 2.36. The fourth-order valence-corrected chi connectivity index (χ4v) is 4.48. The summed E-state index contributed by atoms with van der Waals surface area (Å²) in [5.41, 5.74) is -0.854. The maximum atomic E-state index is 14.5. The second-order valence-electron chi connectivity index (χ2n) is 8.63. The van der Waals surface area contributed by atoms with Crippen LogP contribution < -0.4 is 15.6 Å². The molecule has 2 atom stereocenters. The first-order valence-electron chi connectivity index (χ1n) is 11.0. The van der Waals surface area contributed by atoms with Crippen molar-refractivity contribution in [3.8, 4) is 5.75 Å². The van der Waals surface area contributed by atoms with Crippen molar-refractivity contribution in [2.24, 2.45) is 5.92 Å². The summed E-state index contributed by atoms with van der Waals surface area (Å²) < 4.78 is 20.1. The molecule has 4 rings (SSSR count). The number of amides is 1. The van der Waals surface area contributed by atoms with E-state index in [0.717, 1.165) is 18.1 Å². The summed E-state index contributed by atoms with van der Waals surface area (Å²) in [4.78, 5) is 31.9. The van der Waals surface area contributed by atoms with Gasteiger partial charge in [0.1, 0.15) is 5.39 Å². The largest absolute Gasteiger partial charge is 0.490 e. The number of carbonyl (C=O) groups excluding carboxylic acids is 1. The van der Waals surface area contributed by atoms with Crippen LogP contribution in [0.25, 0.3) is 10.9 Å². The molecule has 1 fully saturated rings. The first-order chi connectivity index (χ1) is 16.3. The van der Waals surface area contributed by atoms with Gasteiger partial charge in [0, 0.05) is 11.6 Å². The summed E-state index contributed by atoms with van der Waals surface area (Å²) in [7, 11) is 0. The van der Waals surface area contributed by atoms with Crippen LogP contribution in [0.4, 0.5) is 4.39 Å². The zero-order valence-electron chi connectivity index (χ0n) is 18.3. The highest BCUT2D eigenvalue weighted by Gasteiger charge is 2.36. The Kier molecular flexibility index (Phi) is 7.16. The van der Waals surface area contributed by atoms with Crippen molar-refractivity contribution in [1.29, 1.82) is 0 Å². The minimum Gasteiger partial charge on any atom is -0.490 e. The molecule has 0 bridgehead atoms. The number of ether oxygens (including phenoxy) is 1. The van der Waals surface area contributed by atoms with E-state index in [1.54, 1.807) is 24.3 Å². The van der Waals surface area contributed by atoms with Crippen LogP contribution >= 0.6 is 11.6 Å². The van der Waals surface area contributed by atoms with Gasteiger partial charge in [0.05, 0.1) is 24.3 Å². The molecule has 0 saturated heterocycles. The van der Waals surface area contributed by atoms with E-state index < -0.39 is 22.9 Å². The lowest BCUT2D eigenvalue weighted by Crippen LogP contribution is -2.29. The standard InChI is InChI=1S/C24H25ClFN3O5/c25-16-3-1-2-15(10-16)12-27-23(32)21-28-18-5-4-17(26)20(19(18)22(31)29-21)34-9-7-14-6-8-24(33,11-14)13-30/h1-5,10,14,30,33H,6-9,11-13H2,(H,27,32)(H,28,29,31). The summed E-state index contributed by atoms with van der Waals surface area (Å²) in [5, 5.41) is 22.6. The second-order valence-corrected chi connectivity index (χ2v) is 9.06. The molecular weight excluding hydrogens is 465 g/mol. The molecule has 0 spiro atoms. The van der Waals surface area contributed by atoms with Gasteiger partial charge in [-0.15, -0.1) is 0 Å². The number of aliphatic hydroxyl groups is 2. The summed E-state index contributed by atoms with van der Waals surface area (Å²) in [5.74, 6) is -1.61. The van der Waals surface area contributed by atoms with Crippen LogP contribution in [0, 0.1) is 11.7 Å². The minimum absolute atomic E-state index is 0.0790. The Morgan fingerprint density at radius 2 is 2.18 bits per heavy atom. The van der Waals surface area contributed by atoms with Gasteiger partial charge in [-0.2, -0.15) is 0 Å². The molecule has 1 saturated carbocycles.